The van der Waals surface area contributed by atoms with Gasteiger partial charge >= 0.3 is 5.97 Å². The Bertz CT molecular complexity index is 464. The monoisotopic (exact) mass is 301 g/mol. The molecule has 0 N–H and O–H groups in total. The Balaban J connectivity index is 3.24. The first-order valence-corrected chi connectivity index (χ1v) is 7.81. The first-order chi connectivity index (χ1) is 9.11. The van der Waals surface area contributed by atoms with Crippen molar-refractivity contribution >= 4 is 22.7 Å². The van der Waals surface area contributed by atoms with E-state index in [1.807, 2.05) is 20.8 Å². The Labute approximate surface area is 122 Å². The Morgan fingerprint density at radius 2 is 2.00 bits per heavy atom. The predicted molar refractivity (Wildman–Crippen MR) is 78.1 cm³/mol. The SMILES string of the molecule is CCOC(=O)[C@@H]1[C@H](C)C(=O)C(C)=CN1[S@](=O)C(C)(C)C. The number of allylic oxidation sites excluding steroid dienone is 1. The van der Waals surface area contributed by atoms with Crippen molar-refractivity contribution < 1.29 is 18.5 Å². The van der Waals surface area contributed by atoms with Crippen LogP contribution in [0.15, 0.2) is 11.8 Å². The summed E-state index contributed by atoms with van der Waals surface area (Å²) in [5.41, 5.74) is 0.510. The number of rotatable bonds is 3. The maximum atomic E-state index is 12.6. The number of nitrogens with zero attached hydrogens (tertiary/aromatic N) is 1. The molecule has 1 heterocycles. The van der Waals surface area contributed by atoms with Gasteiger partial charge in [0.1, 0.15) is 17.0 Å². The second kappa shape index (κ2) is 6.08. The fourth-order valence-electron chi connectivity index (χ4n) is 2.06. The van der Waals surface area contributed by atoms with Crippen molar-refractivity contribution in [2.24, 2.45) is 5.92 Å². The minimum Gasteiger partial charge on any atom is -0.464 e. The Hall–Kier alpha value is -1.17. The molecule has 0 aliphatic carbocycles. The highest BCUT2D eigenvalue weighted by Crippen LogP contribution is 2.29. The van der Waals surface area contributed by atoms with E-state index in [4.69, 9.17) is 4.74 Å². The summed E-state index contributed by atoms with van der Waals surface area (Å²) in [6, 6.07) is -0.828. The highest BCUT2D eigenvalue weighted by Gasteiger charge is 2.43. The molecular formula is C14H23NO4S. The third-order valence-corrected chi connectivity index (χ3v) is 4.88. The van der Waals surface area contributed by atoms with Crippen molar-refractivity contribution in [3.63, 3.8) is 0 Å². The third kappa shape index (κ3) is 3.29. The van der Waals surface area contributed by atoms with Crippen molar-refractivity contribution in [2.75, 3.05) is 6.61 Å². The molecule has 0 saturated carbocycles. The Morgan fingerprint density at radius 1 is 1.45 bits per heavy atom. The smallest absolute Gasteiger partial charge is 0.330 e. The van der Waals surface area contributed by atoms with Crippen molar-refractivity contribution in [3.8, 4) is 0 Å². The lowest BCUT2D eigenvalue weighted by atomic mass is 9.90. The lowest BCUT2D eigenvalue weighted by Crippen LogP contribution is -2.52. The summed E-state index contributed by atoms with van der Waals surface area (Å²) in [4.78, 5) is 24.2. The number of esters is 1. The van der Waals surface area contributed by atoms with Crippen LogP contribution in [-0.4, -0.2) is 37.7 Å². The zero-order valence-corrected chi connectivity index (χ0v) is 13.7. The average Bonchev–Trinajstić information content (AvgIpc) is 2.33. The normalized spacial score (nSPS) is 25.2. The number of Topliss-reactive ketones (excluding diaryl/α,β-unsaturated/α-hetero) is 1. The van der Waals surface area contributed by atoms with E-state index >= 15 is 0 Å². The quantitative estimate of drug-likeness (QED) is 0.746. The number of carbonyl (C=O) groups is 2. The van der Waals surface area contributed by atoms with Crippen molar-refractivity contribution in [3.05, 3.63) is 11.8 Å². The fraction of sp³-hybridized carbons (Fsp3) is 0.714. The summed E-state index contributed by atoms with van der Waals surface area (Å²) in [5, 5.41) is 0. The second-order valence-electron chi connectivity index (χ2n) is 5.88. The van der Waals surface area contributed by atoms with E-state index in [1.165, 1.54) is 10.5 Å². The van der Waals surface area contributed by atoms with Gasteiger partial charge in [0.15, 0.2) is 5.78 Å². The van der Waals surface area contributed by atoms with Gasteiger partial charge in [0.25, 0.3) is 0 Å². The molecule has 0 aromatic heterocycles. The van der Waals surface area contributed by atoms with Crippen LogP contribution in [0.3, 0.4) is 0 Å². The molecule has 0 spiro atoms. The summed E-state index contributed by atoms with van der Waals surface area (Å²) < 4.78 is 18.6. The summed E-state index contributed by atoms with van der Waals surface area (Å²) >= 11 is 0. The van der Waals surface area contributed by atoms with Crippen molar-refractivity contribution in [2.45, 2.75) is 52.3 Å². The molecule has 114 valence electrons. The van der Waals surface area contributed by atoms with Gasteiger partial charge in [0.05, 0.1) is 17.3 Å². The number of hydrogen-bond donors (Lipinski definition) is 0. The molecule has 20 heavy (non-hydrogen) atoms. The summed E-state index contributed by atoms with van der Waals surface area (Å²) in [7, 11) is -1.43. The van der Waals surface area contributed by atoms with Crippen molar-refractivity contribution in [1.29, 1.82) is 0 Å². The van der Waals surface area contributed by atoms with E-state index in [1.54, 1.807) is 20.8 Å². The standard InChI is InChI=1S/C14H23NO4S/c1-7-19-13(17)11-10(3)12(16)9(2)8-15(11)20(18)14(4,5)6/h8,10-11H,7H2,1-6H3/t10-,11-,20+/m0/s1. The second-order valence-corrected chi connectivity index (χ2v) is 8.03. The van der Waals surface area contributed by atoms with Gasteiger partial charge in [0, 0.05) is 11.8 Å². The summed E-state index contributed by atoms with van der Waals surface area (Å²) in [5.74, 6) is -1.18. The van der Waals surface area contributed by atoms with Gasteiger partial charge in [0.2, 0.25) is 0 Å². The van der Waals surface area contributed by atoms with Gasteiger partial charge < -0.3 is 4.74 Å². The van der Waals surface area contributed by atoms with E-state index in [0.717, 1.165) is 0 Å². The fourth-order valence-corrected chi connectivity index (χ4v) is 3.42. The lowest BCUT2D eigenvalue weighted by molar-refractivity contribution is -0.150. The van der Waals surface area contributed by atoms with Gasteiger partial charge in [-0.15, -0.1) is 0 Å². The highest BCUT2D eigenvalue weighted by atomic mass is 32.2. The molecule has 5 nitrogen and oxygen atoms in total. The number of ketones is 1. The van der Waals surface area contributed by atoms with E-state index in [-0.39, 0.29) is 12.4 Å². The van der Waals surface area contributed by atoms with Crippen LogP contribution < -0.4 is 0 Å². The zero-order chi connectivity index (χ0) is 15.7. The minimum atomic E-state index is -1.43. The van der Waals surface area contributed by atoms with E-state index in [2.05, 4.69) is 0 Å². The van der Waals surface area contributed by atoms with Crippen molar-refractivity contribution in [1.82, 2.24) is 4.31 Å². The van der Waals surface area contributed by atoms with Crippen LogP contribution in [0.5, 0.6) is 0 Å². The molecule has 1 aliphatic rings. The van der Waals surface area contributed by atoms with Gasteiger partial charge in [-0.2, -0.15) is 0 Å². The van der Waals surface area contributed by atoms with E-state index < -0.39 is 33.7 Å². The molecule has 3 atom stereocenters. The number of carbonyl (C=O) groups excluding carboxylic acids is 2. The van der Waals surface area contributed by atoms with Gasteiger partial charge in [-0.3, -0.25) is 9.10 Å². The highest BCUT2D eigenvalue weighted by molar-refractivity contribution is 7.84. The van der Waals surface area contributed by atoms with Crippen LogP contribution in [0.1, 0.15) is 41.5 Å². The molecule has 0 aromatic carbocycles. The first kappa shape index (κ1) is 16.9. The van der Waals surface area contributed by atoms with Crippen LogP contribution in [0, 0.1) is 5.92 Å². The zero-order valence-electron chi connectivity index (χ0n) is 12.9. The van der Waals surface area contributed by atoms with Gasteiger partial charge in [-0.05, 0) is 34.6 Å². The molecule has 0 fully saturated rings. The Kier molecular flexibility index (Phi) is 5.13. The molecule has 1 rings (SSSR count). The van der Waals surface area contributed by atoms with Crippen LogP contribution in [0.25, 0.3) is 0 Å². The van der Waals surface area contributed by atoms with Crippen LogP contribution in [0.2, 0.25) is 0 Å². The molecule has 0 saturated heterocycles. The molecule has 0 amide bonds. The van der Waals surface area contributed by atoms with Crippen LogP contribution in [-0.2, 0) is 25.3 Å². The molecule has 1 aliphatic heterocycles. The maximum Gasteiger partial charge on any atom is 0.330 e. The predicted octanol–water partition coefficient (Wildman–Crippen LogP) is 1.80. The molecule has 0 unspecified atom stereocenters. The van der Waals surface area contributed by atoms with E-state index in [0.29, 0.717) is 5.57 Å². The largest absolute Gasteiger partial charge is 0.464 e. The van der Waals surface area contributed by atoms with E-state index in [9.17, 15) is 13.8 Å². The first-order valence-electron chi connectivity index (χ1n) is 6.70. The molecule has 6 heteroatoms. The summed E-state index contributed by atoms with van der Waals surface area (Å²) in [6.07, 6.45) is 1.52. The molecule has 0 aromatic rings. The maximum absolute atomic E-state index is 12.6. The van der Waals surface area contributed by atoms with Gasteiger partial charge in [-0.1, -0.05) is 6.92 Å². The molecule has 0 bridgehead atoms. The number of hydrogen-bond acceptors (Lipinski definition) is 4. The van der Waals surface area contributed by atoms with Gasteiger partial charge in [-0.25, -0.2) is 9.00 Å². The topological polar surface area (TPSA) is 63.7 Å². The minimum absolute atomic E-state index is 0.106. The third-order valence-electron chi connectivity index (χ3n) is 3.11. The number of ether oxygens (including phenoxy) is 1. The van der Waals surface area contributed by atoms with Crippen LogP contribution in [0.4, 0.5) is 0 Å². The molecule has 0 radical (unpaired) electrons. The Morgan fingerprint density at radius 3 is 2.45 bits per heavy atom. The average molecular weight is 301 g/mol. The lowest BCUT2D eigenvalue weighted by Gasteiger charge is -2.38. The molecular weight excluding hydrogens is 278 g/mol. The van der Waals surface area contributed by atoms with Crippen LogP contribution >= 0.6 is 0 Å². The summed E-state index contributed by atoms with van der Waals surface area (Å²) in [6.45, 7) is 10.8.